The second-order valence-electron chi connectivity index (χ2n) is 12.4. The largest absolute Gasteiger partial charge is 0.436 e. The number of para-hydroxylation sites is 2. The molecule has 0 radical (unpaired) electrons. The van der Waals surface area contributed by atoms with E-state index in [-0.39, 0.29) is 10.8 Å². The minimum atomic E-state index is 0.0597. The van der Waals surface area contributed by atoms with E-state index >= 15 is 0 Å². The average Bonchev–Trinajstić information content (AvgIpc) is 3.55. The second kappa shape index (κ2) is 9.95. The van der Waals surface area contributed by atoms with E-state index in [0.29, 0.717) is 11.8 Å². The van der Waals surface area contributed by atoms with Gasteiger partial charge in [-0.1, -0.05) is 89.2 Å². The second-order valence-corrected chi connectivity index (χ2v) is 12.4. The Balaban J connectivity index is 1.16. The van der Waals surface area contributed by atoms with Crippen LogP contribution in [-0.2, 0) is 5.41 Å². The minimum absolute atomic E-state index is 0.0597. The first kappa shape index (κ1) is 25.8. The lowest BCUT2D eigenvalue weighted by Crippen LogP contribution is -2.24. The van der Waals surface area contributed by atoms with Crippen LogP contribution in [0.4, 0.5) is 0 Å². The number of rotatable bonds is 6. The van der Waals surface area contributed by atoms with E-state index in [1.54, 1.807) is 0 Å². The van der Waals surface area contributed by atoms with Gasteiger partial charge in [-0.15, -0.1) is 0 Å². The maximum absolute atomic E-state index is 6.12. The fourth-order valence-corrected chi connectivity index (χ4v) is 5.56. The molecule has 0 spiro atoms. The summed E-state index contributed by atoms with van der Waals surface area (Å²) in [4.78, 5) is 9.41. The standard InChI is InChI=1S/C36H34N2O2/c1-35(2,3)23-36(4,5)28-20-21-32-30(22-28)38-34(40-32)27-18-14-25(15-19-27)11-10-24-12-16-26(17-13-24)33-37-29-8-6-7-9-31(29)39-33/h6-22H,23H2,1-5H3. The maximum Gasteiger partial charge on any atom is 0.227 e. The zero-order valence-corrected chi connectivity index (χ0v) is 23.7. The zero-order chi connectivity index (χ0) is 27.9. The summed E-state index contributed by atoms with van der Waals surface area (Å²) in [5.41, 5.74) is 9.12. The summed E-state index contributed by atoms with van der Waals surface area (Å²) < 4.78 is 12.0. The molecular weight excluding hydrogens is 492 g/mol. The van der Waals surface area contributed by atoms with Crippen molar-refractivity contribution in [1.82, 2.24) is 9.97 Å². The molecule has 4 nitrogen and oxygen atoms in total. The first-order chi connectivity index (χ1) is 19.1. The van der Waals surface area contributed by atoms with Crippen molar-refractivity contribution in [3.8, 4) is 22.9 Å². The smallest absolute Gasteiger partial charge is 0.227 e. The first-order valence-electron chi connectivity index (χ1n) is 13.8. The van der Waals surface area contributed by atoms with Crippen LogP contribution in [0, 0.1) is 5.41 Å². The first-order valence-corrected chi connectivity index (χ1v) is 13.8. The van der Waals surface area contributed by atoms with Crippen molar-refractivity contribution in [2.45, 2.75) is 46.5 Å². The van der Waals surface area contributed by atoms with Gasteiger partial charge in [-0.25, -0.2) is 9.97 Å². The van der Waals surface area contributed by atoms with E-state index in [0.717, 1.165) is 50.9 Å². The highest BCUT2D eigenvalue weighted by Gasteiger charge is 2.27. The molecule has 4 aromatic carbocycles. The highest BCUT2D eigenvalue weighted by Crippen LogP contribution is 2.37. The summed E-state index contributed by atoms with van der Waals surface area (Å²) in [6.07, 6.45) is 5.30. The van der Waals surface area contributed by atoms with E-state index < -0.39 is 0 Å². The molecular formula is C36H34N2O2. The van der Waals surface area contributed by atoms with Crippen LogP contribution in [0.5, 0.6) is 0 Å². The van der Waals surface area contributed by atoms with Crippen LogP contribution >= 0.6 is 0 Å². The van der Waals surface area contributed by atoms with E-state index in [1.165, 1.54) is 5.56 Å². The molecule has 0 aliphatic carbocycles. The van der Waals surface area contributed by atoms with Crippen LogP contribution in [0.3, 0.4) is 0 Å². The molecule has 6 rings (SSSR count). The molecule has 2 aromatic heterocycles. The normalized spacial score (nSPS) is 12.6. The quantitative estimate of drug-likeness (QED) is 0.203. The lowest BCUT2D eigenvalue weighted by Gasteiger charge is -2.32. The number of hydrogen-bond acceptors (Lipinski definition) is 4. The Kier molecular flexibility index (Phi) is 6.42. The third-order valence-corrected chi connectivity index (χ3v) is 7.22. The van der Waals surface area contributed by atoms with Crippen molar-refractivity contribution in [1.29, 1.82) is 0 Å². The Bertz CT molecular complexity index is 1780. The van der Waals surface area contributed by atoms with Crippen LogP contribution in [0.25, 0.3) is 57.3 Å². The third kappa shape index (κ3) is 5.48. The Morgan fingerprint density at radius 1 is 0.600 bits per heavy atom. The predicted octanol–water partition coefficient (Wildman–Crippen LogP) is 10.2. The van der Waals surface area contributed by atoms with Gasteiger partial charge in [0.2, 0.25) is 11.8 Å². The van der Waals surface area contributed by atoms with Crippen molar-refractivity contribution < 1.29 is 8.83 Å². The van der Waals surface area contributed by atoms with Crippen LogP contribution in [0.2, 0.25) is 0 Å². The van der Waals surface area contributed by atoms with Gasteiger partial charge < -0.3 is 8.83 Å². The minimum Gasteiger partial charge on any atom is -0.436 e. The molecule has 40 heavy (non-hydrogen) atoms. The summed E-state index contributed by atoms with van der Waals surface area (Å²) in [7, 11) is 0. The molecule has 0 fully saturated rings. The van der Waals surface area contributed by atoms with Crippen LogP contribution in [0.1, 0.15) is 57.7 Å². The summed E-state index contributed by atoms with van der Waals surface area (Å²) in [6.45, 7) is 11.5. The molecule has 0 atom stereocenters. The van der Waals surface area contributed by atoms with E-state index in [9.17, 15) is 0 Å². The van der Waals surface area contributed by atoms with Crippen LogP contribution in [0.15, 0.2) is 99.8 Å². The van der Waals surface area contributed by atoms with Crippen molar-refractivity contribution in [2.75, 3.05) is 0 Å². The molecule has 0 N–H and O–H groups in total. The molecule has 0 aliphatic heterocycles. The van der Waals surface area contributed by atoms with Gasteiger partial charge in [0.1, 0.15) is 11.0 Å². The Morgan fingerprint density at radius 3 is 1.68 bits per heavy atom. The summed E-state index contributed by atoms with van der Waals surface area (Å²) in [6, 6.07) is 30.7. The topological polar surface area (TPSA) is 52.1 Å². The molecule has 200 valence electrons. The Morgan fingerprint density at radius 2 is 1.12 bits per heavy atom. The number of aromatic nitrogens is 2. The molecule has 0 bridgehead atoms. The van der Waals surface area contributed by atoms with Crippen molar-refractivity contribution >= 4 is 34.4 Å². The SMILES string of the molecule is CC(C)(C)CC(C)(C)c1ccc2oc(-c3ccc(C=Cc4ccc(-c5nc6ccccc6o5)cc4)cc3)nc2c1. The van der Waals surface area contributed by atoms with Gasteiger partial charge in [-0.2, -0.15) is 0 Å². The highest BCUT2D eigenvalue weighted by atomic mass is 16.4. The summed E-state index contributed by atoms with van der Waals surface area (Å²) in [5.74, 6) is 1.28. The van der Waals surface area contributed by atoms with Gasteiger partial charge in [-0.05, 0) is 82.5 Å². The van der Waals surface area contributed by atoms with Gasteiger partial charge in [-0.3, -0.25) is 0 Å². The molecule has 0 aliphatic rings. The third-order valence-electron chi connectivity index (χ3n) is 7.22. The Hall–Kier alpha value is -4.44. The molecule has 6 aromatic rings. The molecule has 0 saturated carbocycles. The highest BCUT2D eigenvalue weighted by molar-refractivity contribution is 5.79. The molecule has 4 heteroatoms. The number of oxazole rings is 2. The zero-order valence-electron chi connectivity index (χ0n) is 23.7. The number of benzene rings is 4. The van der Waals surface area contributed by atoms with Gasteiger partial charge in [0, 0.05) is 11.1 Å². The van der Waals surface area contributed by atoms with Gasteiger partial charge in [0.25, 0.3) is 0 Å². The van der Waals surface area contributed by atoms with Gasteiger partial charge in [0.05, 0.1) is 0 Å². The predicted molar refractivity (Wildman–Crippen MR) is 165 cm³/mol. The van der Waals surface area contributed by atoms with Gasteiger partial charge >= 0.3 is 0 Å². The Labute approximate surface area is 235 Å². The van der Waals surface area contributed by atoms with Crippen molar-refractivity contribution in [3.63, 3.8) is 0 Å². The lowest BCUT2D eigenvalue weighted by atomic mass is 9.72. The number of hydrogen-bond donors (Lipinski definition) is 0. The summed E-state index contributed by atoms with van der Waals surface area (Å²) >= 11 is 0. The van der Waals surface area contributed by atoms with Crippen LogP contribution in [-0.4, -0.2) is 9.97 Å². The fourth-order valence-electron chi connectivity index (χ4n) is 5.56. The van der Waals surface area contributed by atoms with Crippen LogP contribution < -0.4 is 0 Å². The maximum atomic E-state index is 6.12. The van der Waals surface area contributed by atoms with E-state index in [4.69, 9.17) is 13.8 Å². The van der Waals surface area contributed by atoms with Crippen molar-refractivity contribution in [3.05, 3.63) is 108 Å². The average molecular weight is 527 g/mol. The van der Waals surface area contributed by atoms with E-state index in [2.05, 4.69) is 106 Å². The molecule has 2 heterocycles. The molecule has 0 saturated heterocycles. The van der Waals surface area contributed by atoms with Gasteiger partial charge in [0.15, 0.2) is 11.2 Å². The molecule has 0 unspecified atom stereocenters. The van der Waals surface area contributed by atoms with E-state index in [1.807, 2.05) is 36.4 Å². The number of fused-ring (bicyclic) bond motifs is 2. The summed E-state index contributed by atoms with van der Waals surface area (Å²) in [5, 5.41) is 0. The number of nitrogens with zero attached hydrogens (tertiary/aromatic N) is 2. The monoisotopic (exact) mass is 526 g/mol. The molecule has 0 amide bonds. The van der Waals surface area contributed by atoms with Crippen molar-refractivity contribution in [2.24, 2.45) is 5.41 Å². The fraction of sp³-hybridized carbons (Fsp3) is 0.222. The lowest BCUT2D eigenvalue weighted by molar-refractivity contribution is 0.284.